The van der Waals surface area contributed by atoms with E-state index in [0.29, 0.717) is 6.42 Å². The second-order valence-corrected chi connectivity index (χ2v) is 16.3. The van der Waals surface area contributed by atoms with Crippen molar-refractivity contribution in [3.63, 3.8) is 0 Å². The number of ether oxygens (including phenoxy) is 2. The van der Waals surface area contributed by atoms with E-state index in [1.54, 1.807) is 6.08 Å². The topological polar surface area (TPSA) is 192 Å². The van der Waals surface area contributed by atoms with Crippen LogP contribution in [0.5, 0.6) is 0 Å². The molecule has 0 aliphatic carbocycles. The van der Waals surface area contributed by atoms with Gasteiger partial charge in [0.2, 0.25) is 5.91 Å². The number of nitrogens with one attached hydrogen (secondary N) is 1. The number of carbonyl (C=O) groups is 1. The van der Waals surface area contributed by atoms with Crippen molar-refractivity contribution in [1.82, 2.24) is 5.32 Å². The molecule has 6 N–H and O–H groups in total. The Labute approximate surface area is 328 Å². The van der Waals surface area contributed by atoms with E-state index in [-0.39, 0.29) is 18.9 Å². The molecular formula is C41H79NO11S. The van der Waals surface area contributed by atoms with Gasteiger partial charge in [-0.15, -0.1) is 0 Å². The van der Waals surface area contributed by atoms with Crippen LogP contribution in [-0.4, -0.2) is 95.4 Å². The molecule has 1 fully saturated rings. The smallest absolute Gasteiger partial charge is 0.394 e. The largest absolute Gasteiger partial charge is 0.397 e. The summed E-state index contributed by atoms with van der Waals surface area (Å²) < 4.78 is 47.5. The predicted molar refractivity (Wildman–Crippen MR) is 213 cm³/mol. The van der Waals surface area contributed by atoms with E-state index in [0.717, 1.165) is 38.5 Å². The molecule has 0 aromatic heterocycles. The van der Waals surface area contributed by atoms with Crippen LogP contribution in [0.25, 0.3) is 0 Å². The maximum absolute atomic E-state index is 13.0. The maximum Gasteiger partial charge on any atom is 0.397 e. The minimum absolute atomic E-state index is 0.262. The summed E-state index contributed by atoms with van der Waals surface area (Å²) in [6, 6.07) is -0.936. The van der Waals surface area contributed by atoms with Crippen molar-refractivity contribution >= 4 is 16.3 Å². The van der Waals surface area contributed by atoms with Crippen molar-refractivity contribution in [3.05, 3.63) is 12.2 Å². The highest BCUT2D eigenvalue weighted by atomic mass is 32.3. The first-order chi connectivity index (χ1) is 26.0. The average Bonchev–Trinajstić information content (AvgIpc) is 3.14. The number of amides is 1. The maximum atomic E-state index is 13.0. The number of allylic oxidation sites excluding steroid dienone is 1. The highest BCUT2D eigenvalue weighted by Gasteiger charge is 2.48. The molecule has 0 radical (unpaired) electrons. The number of hydrogen-bond acceptors (Lipinski definition) is 10. The Morgan fingerprint density at radius 3 is 1.61 bits per heavy atom. The van der Waals surface area contributed by atoms with Crippen LogP contribution in [0.15, 0.2) is 12.2 Å². The van der Waals surface area contributed by atoms with Crippen molar-refractivity contribution in [2.45, 2.75) is 230 Å². The van der Waals surface area contributed by atoms with Gasteiger partial charge in [-0.25, -0.2) is 4.18 Å². The number of unbranched alkanes of at least 4 members (excludes halogenated alkanes) is 24. The van der Waals surface area contributed by atoms with Crippen LogP contribution in [0.3, 0.4) is 0 Å². The molecule has 13 heteroatoms. The van der Waals surface area contributed by atoms with Gasteiger partial charge in [-0.1, -0.05) is 174 Å². The summed E-state index contributed by atoms with van der Waals surface area (Å²) in [5, 5.41) is 44.6. The zero-order valence-corrected chi connectivity index (χ0v) is 34.6. The van der Waals surface area contributed by atoms with E-state index >= 15 is 0 Å². The van der Waals surface area contributed by atoms with Gasteiger partial charge >= 0.3 is 10.4 Å². The Morgan fingerprint density at radius 1 is 0.722 bits per heavy atom. The second kappa shape index (κ2) is 32.9. The van der Waals surface area contributed by atoms with Crippen LogP contribution in [-0.2, 0) is 28.9 Å². The van der Waals surface area contributed by atoms with Crippen LogP contribution in [0.1, 0.15) is 187 Å². The van der Waals surface area contributed by atoms with Gasteiger partial charge in [0.15, 0.2) is 6.29 Å². The van der Waals surface area contributed by atoms with E-state index < -0.39 is 59.9 Å². The Balaban J connectivity index is 2.57. The molecule has 1 aliphatic heterocycles. The van der Waals surface area contributed by atoms with E-state index in [1.165, 1.54) is 122 Å². The van der Waals surface area contributed by atoms with Crippen molar-refractivity contribution < 1.29 is 51.8 Å². The number of rotatable bonds is 36. The monoisotopic (exact) mass is 794 g/mol. The first kappa shape index (κ1) is 50.9. The summed E-state index contributed by atoms with van der Waals surface area (Å²) in [6.07, 6.45) is 25.3. The van der Waals surface area contributed by atoms with E-state index in [2.05, 4.69) is 23.3 Å². The third-order valence-electron chi connectivity index (χ3n) is 10.3. The summed E-state index contributed by atoms with van der Waals surface area (Å²) >= 11 is 0. The van der Waals surface area contributed by atoms with Gasteiger partial charge in [-0.2, -0.15) is 8.42 Å². The minimum Gasteiger partial charge on any atom is -0.394 e. The summed E-state index contributed by atoms with van der Waals surface area (Å²) in [5.41, 5.74) is 0. The normalized spacial score (nSPS) is 21.8. The molecule has 0 aromatic carbocycles. The Hall–Kier alpha value is -1.16. The highest BCUT2D eigenvalue weighted by Crippen LogP contribution is 2.26. The second-order valence-electron chi connectivity index (χ2n) is 15.3. The standard InChI is InChI=1S/C41H79NO11S/c1-3-5-7-9-11-13-15-17-19-21-23-25-27-29-31-37(45)42-34(35(44)30-28-26-24-22-20-18-16-14-12-10-8-6-4-2)33-51-41-39(47)40(53-54(48,49)50)38(46)36(32-43)52-41/h28,30,34-36,38-41,43-44,46-47H,3-27,29,31-33H2,1-2H3,(H,42,45)(H,48,49,50)/b30-28+. The van der Waals surface area contributed by atoms with Crippen LogP contribution in [0.4, 0.5) is 0 Å². The first-order valence-electron chi connectivity index (χ1n) is 21.6. The number of hydrogen-bond donors (Lipinski definition) is 6. The number of aliphatic hydroxyl groups is 4. The molecule has 54 heavy (non-hydrogen) atoms. The van der Waals surface area contributed by atoms with Crippen molar-refractivity contribution in [2.75, 3.05) is 13.2 Å². The van der Waals surface area contributed by atoms with Gasteiger partial charge in [0.05, 0.1) is 25.4 Å². The molecule has 1 amide bonds. The fraction of sp³-hybridized carbons (Fsp3) is 0.927. The third kappa shape index (κ3) is 25.9. The Bertz CT molecular complexity index is 1030. The highest BCUT2D eigenvalue weighted by molar-refractivity contribution is 7.80. The van der Waals surface area contributed by atoms with Gasteiger partial charge in [-0.05, 0) is 19.3 Å². The van der Waals surface area contributed by atoms with Crippen molar-refractivity contribution in [3.8, 4) is 0 Å². The summed E-state index contributed by atoms with van der Waals surface area (Å²) in [7, 11) is -5.08. The summed E-state index contributed by atoms with van der Waals surface area (Å²) in [6.45, 7) is 3.37. The van der Waals surface area contributed by atoms with Gasteiger partial charge in [0.1, 0.15) is 24.4 Å². The lowest BCUT2D eigenvalue weighted by Crippen LogP contribution is -2.61. The van der Waals surface area contributed by atoms with E-state index in [1.807, 2.05) is 6.08 Å². The quantitative estimate of drug-likeness (QED) is 0.0208. The molecule has 320 valence electrons. The molecule has 0 spiro atoms. The molecule has 0 saturated carbocycles. The van der Waals surface area contributed by atoms with E-state index in [4.69, 9.17) is 14.0 Å². The molecule has 0 bridgehead atoms. The average molecular weight is 794 g/mol. The molecule has 7 unspecified atom stereocenters. The third-order valence-corrected chi connectivity index (χ3v) is 10.8. The van der Waals surface area contributed by atoms with Gasteiger partial charge in [-0.3, -0.25) is 9.35 Å². The summed E-state index contributed by atoms with van der Waals surface area (Å²) in [4.78, 5) is 13.0. The van der Waals surface area contributed by atoms with Crippen LogP contribution >= 0.6 is 0 Å². The predicted octanol–water partition coefficient (Wildman–Crippen LogP) is 7.60. The van der Waals surface area contributed by atoms with Gasteiger partial charge in [0, 0.05) is 6.42 Å². The van der Waals surface area contributed by atoms with Crippen molar-refractivity contribution in [1.29, 1.82) is 0 Å². The Morgan fingerprint density at radius 2 is 1.17 bits per heavy atom. The van der Waals surface area contributed by atoms with Crippen LogP contribution in [0.2, 0.25) is 0 Å². The van der Waals surface area contributed by atoms with Crippen LogP contribution in [0, 0.1) is 0 Å². The zero-order chi connectivity index (χ0) is 39.9. The van der Waals surface area contributed by atoms with Crippen LogP contribution < -0.4 is 5.32 Å². The zero-order valence-electron chi connectivity index (χ0n) is 33.8. The fourth-order valence-electron chi connectivity index (χ4n) is 6.92. The van der Waals surface area contributed by atoms with Crippen molar-refractivity contribution in [2.24, 2.45) is 0 Å². The lowest BCUT2D eigenvalue weighted by atomic mass is 9.99. The van der Waals surface area contributed by atoms with E-state index in [9.17, 15) is 33.6 Å². The lowest BCUT2D eigenvalue weighted by Gasteiger charge is -2.41. The minimum atomic E-state index is -5.08. The Kier molecular flexibility index (Phi) is 31.0. The lowest BCUT2D eigenvalue weighted by molar-refractivity contribution is -0.298. The molecule has 1 rings (SSSR count). The molecule has 0 aromatic rings. The summed E-state index contributed by atoms with van der Waals surface area (Å²) in [5.74, 6) is -0.262. The number of aliphatic hydroxyl groups excluding tert-OH is 4. The molecular weight excluding hydrogens is 715 g/mol. The fourth-order valence-corrected chi connectivity index (χ4v) is 7.43. The van der Waals surface area contributed by atoms with Gasteiger partial charge in [0.25, 0.3) is 0 Å². The molecule has 1 heterocycles. The molecule has 12 nitrogen and oxygen atoms in total. The molecule has 1 saturated heterocycles. The van der Waals surface area contributed by atoms with Gasteiger partial charge < -0.3 is 35.2 Å². The molecule has 1 aliphatic rings. The first-order valence-corrected chi connectivity index (χ1v) is 22.9. The molecule has 7 atom stereocenters. The SMILES string of the molecule is CCCCCCCCCCCCC/C=C/C(O)C(COC1OC(CO)C(O)C(OS(=O)(=O)O)C1O)NC(=O)CCCCCCCCCCCCCCCC. The number of carbonyl (C=O) groups excluding carboxylic acids is 1.